The minimum Gasteiger partial charge on any atom is -0.392 e. The van der Waals surface area contributed by atoms with Crippen molar-refractivity contribution >= 4 is 15.9 Å². The lowest BCUT2D eigenvalue weighted by molar-refractivity contribution is 0.0441. The van der Waals surface area contributed by atoms with Crippen LogP contribution in [0.4, 0.5) is 0 Å². The summed E-state index contributed by atoms with van der Waals surface area (Å²) in [4.78, 5) is 0. The number of halogens is 1. The van der Waals surface area contributed by atoms with Crippen molar-refractivity contribution in [3.05, 3.63) is 34.3 Å². The van der Waals surface area contributed by atoms with Crippen LogP contribution in [0.2, 0.25) is 0 Å². The third-order valence-electron chi connectivity index (χ3n) is 3.29. The third kappa shape index (κ3) is 2.84. The van der Waals surface area contributed by atoms with Gasteiger partial charge in [0.15, 0.2) is 0 Å². The fourth-order valence-corrected chi connectivity index (χ4v) is 2.53. The zero-order valence-electron chi connectivity index (χ0n) is 9.40. The predicted octanol–water partition coefficient (Wildman–Crippen LogP) is 2.78. The molecule has 0 aromatic heterocycles. The summed E-state index contributed by atoms with van der Waals surface area (Å²) < 4.78 is 6.55. The Hall–Kier alpha value is -0.380. The minimum absolute atomic E-state index is 0.186. The molecule has 1 aromatic rings. The van der Waals surface area contributed by atoms with E-state index in [1.54, 1.807) is 0 Å². The van der Waals surface area contributed by atoms with Crippen molar-refractivity contribution < 1.29 is 9.84 Å². The van der Waals surface area contributed by atoms with Crippen molar-refractivity contribution in [1.29, 1.82) is 0 Å². The molecule has 3 atom stereocenters. The second kappa shape index (κ2) is 5.30. The van der Waals surface area contributed by atoms with Crippen LogP contribution < -0.4 is 0 Å². The van der Waals surface area contributed by atoms with Gasteiger partial charge in [-0.25, -0.2) is 0 Å². The summed E-state index contributed by atoms with van der Waals surface area (Å²) in [5.41, 5.74) is 1.18. The van der Waals surface area contributed by atoms with E-state index in [4.69, 9.17) is 4.74 Å². The van der Waals surface area contributed by atoms with E-state index < -0.39 is 0 Å². The second-order valence-corrected chi connectivity index (χ2v) is 5.34. The molecule has 0 aliphatic carbocycles. The maximum absolute atomic E-state index is 10.2. The Labute approximate surface area is 105 Å². The summed E-state index contributed by atoms with van der Waals surface area (Å²) in [7, 11) is 0. The maximum atomic E-state index is 10.2. The van der Waals surface area contributed by atoms with Crippen LogP contribution in [0.15, 0.2) is 28.7 Å². The standard InChI is InChI=1S/C13H17BrO2/c1-9-12(6-7-16-9)13(15)8-10-2-4-11(14)5-3-10/h2-5,9,12-13,15H,6-8H2,1H3. The molecule has 88 valence electrons. The van der Waals surface area contributed by atoms with Crippen LogP contribution >= 0.6 is 15.9 Å². The molecule has 1 N–H and O–H groups in total. The average Bonchev–Trinajstić information content (AvgIpc) is 2.68. The molecule has 1 aliphatic heterocycles. The molecule has 2 nitrogen and oxygen atoms in total. The highest BCUT2D eigenvalue weighted by atomic mass is 79.9. The van der Waals surface area contributed by atoms with Gasteiger partial charge in [-0.05, 0) is 37.5 Å². The molecule has 0 spiro atoms. The van der Waals surface area contributed by atoms with E-state index >= 15 is 0 Å². The summed E-state index contributed by atoms with van der Waals surface area (Å²) in [6.07, 6.45) is 1.58. The predicted molar refractivity (Wildman–Crippen MR) is 67.4 cm³/mol. The van der Waals surface area contributed by atoms with Gasteiger partial charge in [-0.1, -0.05) is 28.1 Å². The Morgan fingerprint density at radius 2 is 2.12 bits per heavy atom. The van der Waals surface area contributed by atoms with Gasteiger partial charge < -0.3 is 9.84 Å². The lowest BCUT2D eigenvalue weighted by Crippen LogP contribution is -2.28. The Morgan fingerprint density at radius 3 is 2.69 bits per heavy atom. The fraction of sp³-hybridized carbons (Fsp3) is 0.538. The molecule has 1 aliphatic rings. The van der Waals surface area contributed by atoms with Crippen LogP contribution in [0.1, 0.15) is 18.9 Å². The van der Waals surface area contributed by atoms with Gasteiger partial charge in [0.25, 0.3) is 0 Å². The highest BCUT2D eigenvalue weighted by Gasteiger charge is 2.30. The number of aliphatic hydroxyl groups excluding tert-OH is 1. The Balaban J connectivity index is 1.96. The monoisotopic (exact) mass is 284 g/mol. The SMILES string of the molecule is CC1OCCC1C(O)Cc1ccc(Br)cc1. The lowest BCUT2D eigenvalue weighted by Gasteiger charge is -2.20. The molecule has 3 heteroatoms. The van der Waals surface area contributed by atoms with Crippen molar-refractivity contribution in [2.75, 3.05) is 6.61 Å². The zero-order chi connectivity index (χ0) is 11.5. The molecule has 1 fully saturated rings. The molecule has 16 heavy (non-hydrogen) atoms. The second-order valence-electron chi connectivity index (χ2n) is 4.43. The highest BCUT2D eigenvalue weighted by molar-refractivity contribution is 9.10. The topological polar surface area (TPSA) is 29.5 Å². The van der Waals surface area contributed by atoms with Crippen LogP contribution in [0.25, 0.3) is 0 Å². The number of ether oxygens (including phenoxy) is 1. The van der Waals surface area contributed by atoms with Gasteiger partial charge in [-0.2, -0.15) is 0 Å². The van der Waals surface area contributed by atoms with Gasteiger partial charge in [0, 0.05) is 17.0 Å². The van der Waals surface area contributed by atoms with Crippen LogP contribution in [0, 0.1) is 5.92 Å². The first kappa shape index (κ1) is 12.1. The molecule has 0 radical (unpaired) electrons. The number of hydrogen-bond donors (Lipinski definition) is 1. The maximum Gasteiger partial charge on any atom is 0.0634 e. The fourth-order valence-electron chi connectivity index (χ4n) is 2.27. The highest BCUT2D eigenvalue weighted by Crippen LogP contribution is 2.26. The summed E-state index contributed by atoms with van der Waals surface area (Å²) in [5, 5.41) is 10.2. The van der Waals surface area contributed by atoms with Crippen molar-refractivity contribution in [3.8, 4) is 0 Å². The van der Waals surface area contributed by atoms with E-state index in [1.165, 1.54) is 5.56 Å². The first-order valence-corrected chi connectivity index (χ1v) is 6.50. The van der Waals surface area contributed by atoms with Crippen molar-refractivity contribution in [2.45, 2.75) is 32.0 Å². The Kier molecular flexibility index (Phi) is 4.00. The van der Waals surface area contributed by atoms with Crippen LogP contribution in [0.5, 0.6) is 0 Å². The molecule has 3 unspecified atom stereocenters. The third-order valence-corrected chi connectivity index (χ3v) is 3.82. The summed E-state index contributed by atoms with van der Waals surface area (Å²) >= 11 is 3.40. The smallest absolute Gasteiger partial charge is 0.0634 e. The largest absolute Gasteiger partial charge is 0.392 e. The molecule has 0 bridgehead atoms. The van der Waals surface area contributed by atoms with E-state index in [2.05, 4.69) is 15.9 Å². The number of rotatable bonds is 3. The summed E-state index contributed by atoms with van der Waals surface area (Å²) in [6, 6.07) is 8.12. The summed E-state index contributed by atoms with van der Waals surface area (Å²) in [5.74, 6) is 0.281. The average molecular weight is 285 g/mol. The van der Waals surface area contributed by atoms with Crippen molar-refractivity contribution in [2.24, 2.45) is 5.92 Å². The molecular weight excluding hydrogens is 268 g/mol. The Morgan fingerprint density at radius 1 is 1.44 bits per heavy atom. The lowest BCUT2D eigenvalue weighted by atomic mass is 9.91. The van der Waals surface area contributed by atoms with Gasteiger partial charge in [0.2, 0.25) is 0 Å². The van der Waals surface area contributed by atoms with E-state index in [1.807, 2.05) is 31.2 Å². The number of benzene rings is 1. The first-order valence-electron chi connectivity index (χ1n) is 5.71. The van der Waals surface area contributed by atoms with Gasteiger partial charge >= 0.3 is 0 Å². The zero-order valence-corrected chi connectivity index (χ0v) is 11.0. The molecule has 0 amide bonds. The van der Waals surface area contributed by atoms with E-state index in [0.717, 1.165) is 17.5 Å². The van der Waals surface area contributed by atoms with Crippen LogP contribution in [-0.4, -0.2) is 23.9 Å². The number of aliphatic hydroxyl groups is 1. The molecule has 2 rings (SSSR count). The van der Waals surface area contributed by atoms with Crippen molar-refractivity contribution in [1.82, 2.24) is 0 Å². The van der Waals surface area contributed by atoms with Crippen LogP contribution in [-0.2, 0) is 11.2 Å². The Bertz CT molecular complexity index is 336. The van der Waals surface area contributed by atoms with Gasteiger partial charge in [0.05, 0.1) is 12.2 Å². The molecule has 1 saturated heterocycles. The van der Waals surface area contributed by atoms with Crippen molar-refractivity contribution in [3.63, 3.8) is 0 Å². The van der Waals surface area contributed by atoms with E-state index in [9.17, 15) is 5.11 Å². The van der Waals surface area contributed by atoms with E-state index in [0.29, 0.717) is 6.42 Å². The molecule has 1 aromatic carbocycles. The minimum atomic E-state index is -0.293. The first-order chi connectivity index (χ1) is 7.66. The molecule has 1 heterocycles. The van der Waals surface area contributed by atoms with E-state index in [-0.39, 0.29) is 18.1 Å². The number of hydrogen-bond acceptors (Lipinski definition) is 2. The summed E-state index contributed by atoms with van der Waals surface area (Å²) in [6.45, 7) is 2.83. The van der Waals surface area contributed by atoms with Gasteiger partial charge in [-0.15, -0.1) is 0 Å². The van der Waals surface area contributed by atoms with Crippen LogP contribution in [0.3, 0.4) is 0 Å². The molecule has 0 saturated carbocycles. The quantitative estimate of drug-likeness (QED) is 0.925. The molecular formula is C13H17BrO2. The van der Waals surface area contributed by atoms with Gasteiger partial charge in [-0.3, -0.25) is 0 Å². The normalized spacial score (nSPS) is 26.9. The van der Waals surface area contributed by atoms with Gasteiger partial charge in [0.1, 0.15) is 0 Å².